The Balaban J connectivity index is 2.13. The van der Waals surface area contributed by atoms with Gasteiger partial charge in [-0.15, -0.1) is 11.8 Å². The lowest BCUT2D eigenvalue weighted by Gasteiger charge is -2.28. The third-order valence-electron chi connectivity index (χ3n) is 3.90. The molecule has 1 unspecified atom stereocenters. The molecule has 112 valence electrons. The van der Waals surface area contributed by atoms with Gasteiger partial charge in [-0.3, -0.25) is 0 Å². The van der Waals surface area contributed by atoms with Gasteiger partial charge in [-0.25, -0.2) is 4.98 Å². The average molecular weight is 313 g/mol. The molecule has 1 aliphatic heterocycles. The zero-order chi connectivity index (χ0) is 15.7. The first kappa shape index (κ1) is 14.9. The third-order valence-corrected chi connectivity index (χ3v) is 4.62. The molecule has 0 saturated heterocycles. The fourth-order valence-electron chi connectivity index (χ4n) is 2.52. The van der Waals surface area contributed by atoms with Crippen molar-refractivity contribution >= 4 is 22.7 Å². The van der Waals surface area contributed by atoms with Crippen molar-refractivity contribution in [2.45, 2.75) is 24.3 Å². The largest absolute Gasteiger partial charge is 0.377 e. The van der Waals surface area contributed by atoms with E-state index in [9.17, 15) is 5.11 Å². The van der Waals surface area contributed by atoms with Crippen molar-refractivity contribution in [1.82, 2.24) is 9.90 Å². The van der Waals surface area contributed by atoms with Gasteiger partial charge in [0.25, 0.3) is 0 Å². The minimum Gasteiger partial charge on any atom is -0.377 e. The van der Waals surface area contributed by atoms with E-state index in [1.807, 2.05) is 44.4 Å². The minimum atomic E-state index is -1.30. The molecule has 1 N–H and O–H groups in total. The van der Waals surface area contributed by atoms with E-state index in [2.05, 4.69) is 26.2 Å². The van der Waals surface area contributed by atoms with Crippen LogP contribution in [-0.2, 0) is 5.60 Å². The number of pyridine rings is 1. The molecule has 6 heteroatoms. The standard InChI is InChI=1S/C16H17N4OS/c1-10(2)16(21,15-9-17-20-19-15)14-7-4-11-8-12(22-3)5-6-13(11)18-14/h4-10,21H,1-3H3/q+1. The van der Waals surface area contributed by atoms with Crippen molar-refractivity contribution in [3.8, 4) is 0 Å². The third kappa shape index (κ3) is 2.35. The summed E-state index contributed by atoms with van der Waals surface area (Å²) in [6, 6.07) is 9.92. The van der Waals surface area contributed by atoms with E-state index in [0.717, 1.165) is 10.9 Å². The molecule has 22 heavy (non-hydrogen) atoms. The molecular formula is C16H17N4OS+. The van der Waals surface area contributed by atoms with Gasteiger partial charge in [0.15, 0.2) is 21.5 Å². The van der Waals surface area contributed by atoms with E-state index in [1.165, 1.54) is 11.1 Å². The maximum atomic E-state index is 11.2. The van der Waals surface area contributed by atoms with Crippen molar-refractivity contribution in [2.24, 2.45) is 16.1 Å². The summed E-state index contributed by atoms with van der Waals surface area (Å²) in [6.45, 7) is 3.86. The van der Waals surface area contributed by atoms with Crippen LogP contribution in [0, 0.1) is 5.92 Å². The molecule has 1 aromatic heterocycles. The fourth-order valence-corrected chi connectivity index (χ4v) is 2.97. The first-order valence-electron chi connectivity index (χ1n) is 7.05. The molecule has 1 aromatic carbocycles. The van der Waals surface area contributed by atoms with Gasteiger partial charge in [-0.1, -0.05) is 19.9 Å². The summed E-state index contributed by atoms with van der Waals surface area (Å²) in [5.41, 5.74) is 0.543. The normalized spacial score (nSPS) is 16.3. The number of aromatic nitrogens is 1. The summed E-state index contributed by atoms with van der Waals surface area (Å²) in [7, 11) is 0. The molecule has 0 aliphatic carbocycles. The molecule has 5 nitrogen and oxygen atoms in total. The molecule has 0 radical (unpaired) electrons. The zero-order valence-corrected chi connectivity index (χ0v) is 13.5. The maximum absolute atomic E-state index is 11.2. The number of rotatable bonds is 4. The molecule has 0 saturated carbocycles. The monoisotopic (exact) mass is 313 g/mol. The van der Waals surface area contributed by atoms with Crippen molar-refractivity contribution < 1.29 is 5.11 Å². The molecule has 1 atom stereocenters. The highest BCUT2D eigenvalue weighted by molar-refractivity contribution is 7.98. The van der Waals surface area contributed by atoms with Crippen molar-refractivity contribution in [1.29, 1.82) is 0 Å². The SMILES string of the molecule is CSc1ccc2nc(C(O)(C3=CN=[N+]=N3)C(C)C)ccc2c1. The van der Waals surface area contributed by atoms with E-state index >= 15 is 0 Å². The van der Waals surface area contributed by atoms with E-state index < -0.39 is 5.60 Å². The van der Waals surface area contributed by atoms with Crippen LogP contribution in [0.15, 0.2) is 57.4 Å². The molecule has 0 fully saturated rings. The lowest BCUT2D eigenvalue weighted by molar-refractivity contribution is 0.0219. The Morgan fingerprint density at radius 1 is 1.23 bits per heavy atom. The van der Waals surface area contributed by atoms with Crippen LogP contribution >= 0.6 is 11.8 Å². The summed E-state index contributed by atoms with van der Waals surface area (Å²) < 4.78 is 0. The number of hydrogen-bond acceptors (Lipinski definition) is 5. The first-order chi connectivity index (χ1) is 10.6. The van der Waals surface area contributed by atoms with Crippen LogP contribution in [0.25, 0.3) is 10.9 Å². The lowest BCUT2D eigenvalue weighted by atomic mass is 9.83. The van der Waals surface area contributed by atoms with Crippen LogP contribution in [0.5, 0.6) is 0 Å². The second-order valence-electron chi connectivity index (χ2n) is 5.50. The Hall–Kier alpha value is -2.01. The van der Waals surface area contributed by atoms with E-state index in [1.54, 1.807) is 11.8 Å². The number of nitrogens with zero attached hydrogens (tertiary/aromatic N) is 4. The average Bonchev–Trinajstić information content (AvgIpc) is 3.07. The van der Waals surface area contributed by atoms with E-state index in [4.69, 9.17) is 0 Å². The van der Waals surface area contributed by atoms with Gasteiger partial charge in [0.1, 0.15) is 6.20 Å². The molecule has 1 aliphatic rings. The van der Waals surface area contributed by atoms with Gasteiger partial charge < -0.3 is 5.11 Å². The highest BCUT2D eigenvalue weighted by atomic mass is 32.2. The number of hydrogen-bond donors (Lipinski definition) is 1. The van der Waals surface area contributed by atoms with Gasteiger partial charge in [0.2, 0.25) is 4.91 Å². The topological polar surface area (TPSA) is 71.9 Å². The predicted octanol–water partition coefficient (Wildman–Crippen LogP) is 3.63. The summed E-state index contributed by atoms with van der Waals surface area (Å²) in [5.74, 6) is -0.110. The van der Waals surface area contributed by atoms with E-state index in [-0.39, 0.29) is 5.92 Å². The van der Waals surface area contributed by atoms with Gasteiger partial charge in [0.05, 0.1) is 11.2 Å². The second kappa shape index (κ2) is 5.65. The van der Waals surface area contributed by atoms with Gasteiger partial charge in [-0.2, -0.15) is 0 Å². The van der Waals surface area contributed by atoms with Crippen LogP contribution in [0.1, 0.15) is 19.5 Å². The van der Waals surface area contributed by atoms with Gasteiger partial charge in [0, 0.05) is 10.3 Å². The van der Waals surface area contributed by atoms with Crippen molar-refractivity contribution in [2.75, 3.05) is 6.26 Å². The Labute approximate surface area is 132 Å². The molecule has 2 heterocycles. The molecule has 0 amide bonds. The van der Waals surface area contributed by atoms with Gasteiger partial charge in [-0.05, 0) is 36.4 Å². The maximum Gasteiger partial charge on any atom is 0.228 e. The number of benzene rings is 1. The summed E-state index contributed by atoms with van der Waals surface area (Å²) in [4.78, 5) is 9.42. The number of fused-ring (bicyclic) bond motifs is 1. The number of thioether (sulfide) groups is 1. The van der Waals surface area contributed by atoms with Crippen LogP contribution in [-0.4, -0.2) is 16.3 Å². The van der Waals surface area contributed by atoms with Crippen LogP contribution < -0.4 is 4.91 Å². The fraction of sp³-hybridized carbons (Fsp3) is 0.312. The summed E-state index contributed by atoms with van der Waals surface area (Å²) in [5, 5.41) is 19.9. The van der Waals surface area contributed by atoms with Crippen LogP contribution in [0.4, 0.5) is 0 Å². The second-order valence-corrected chi connectivity index (χ2v) is 6.38. The van der Waals surface area contributed by atoms with Crippen molar-refractivity contribution in [3.05, 3.63) is 47.9 Å². The highest BCUT2D eigenvalue weighted by Crippen LogP contribution is 2.37. The van der Waals surface area contributed by atoms with E-state index in [0.29, 0.717) is 11.4 Å². The summed E-state index contributed by atoms with van der Waals surface area (Å²) >= 11 is 1.69. The quantitative estimate of drug-likeness (QED) is 0.692. The first-order valence-corrected chi connectivity index (χ1v) is 8.27. The van der Waals surface area contributed by atoms with Crippen LogP contribution in [0.2, 0.25) is 0 Å². The predicted molar refractivity (Wildman–Crippen MR) is 87.3 cm³/mol. The molecular weight excluding hydrogens is 296 g/mol. The summed E-state index contributed by atoms with van der Waals surface area (Å²) in [6.07, 6.45) is 3.53. The zero-order valence-electron chi connectivity index (χ0n) is 12.7. The molecule has 0 spiro atoms. The number of aliphatic hydroxyl groups is 1. The molecule has 3 rings (SSSR count). The highest BCUT2D eigenvalue weighted by Gasteiger charge is 2.43. The minimum absolute atomic E-state index is 0.110. The smallest absolute Gasteiger partial charge is 0.228 e. The Bertz CT molecular complexity index is 824. The Morgan fingerprint density at radius 3 is 2.68 bits per heavy atom. The molecule has 2 aromatic rings. The van der Waals surface area contributed by atoms with Crippen LogP contribution in [0.3, 0.4) is 0 Å². The molecule has 0 bridgehead atoms. The Morgan fingerprint density at radius 2 is 2.05 bits per heavy atom. The van der Waals surface area contributed by atoms with Crippen molar-refractivity contribution in [3.63, 3.8) is 0 Å². The Kier molecular flexibility index (Phi) is 3.83. The van der Waals surface area contributed by atoms with Gasteiger partial charge >= 0.3 is 0 Å². The lowest BCUT2D eigenvalue weighted by Crippen LogP contribution is -2.34.